The Hall–Kier alpha value is -2.50. The lowest BCUT2D eigenvalue weighted by molar-refractivity contribution is 0.0600. The molecule has 0 radical (unpaired) electrons. The maximum Gasteiger partial charge on any atom is 0.337 e. The van der Waals surface area contributed by atoms with Gasteiger partial charge in [0.15, 0.2) is 5.13 Å². The Morgan fingerprint density at radius 1 is 1.24 bits per heavy atom. The number of aromatic nitrogens is 1. The first-order chi connectivity index (χ1) is 13.7. The van der Waals surface area contributed by atoms with Crippen LogP contribution in [0.3, 0.4) is 0 Å². The second-order valence-corrected chi connectivity index (χ2v) is 9.77. The number of nitrogens with one attached hydrogen (secondary N) is 2. The number of carbonyl (C=O) groups excluding carboxylic acids is 2. The van der Waals surface area contributed by atoms with Crippen LogP contribution in [0.5, 0.6) is 0 Å². The van der Waals surface area contributed by atoms with Crippen molar-refractivity contribution in [2.75, 3.05) is 19.0 Å². The molecule has 1 aliphatic heterocycles. The van der Waals surface area contributed by atoms with E-state index in [1.54, 1.807) is 0 Å². The van der Waals surface area contributed by atoms with Gasteiger partial charge in [0, 0.05) is 23.9 Å². The van der Waals surface area contributed by atoms with Gasteiger partial charge in [-0.2, -0.15) is 4.31 Å². The lowest BCUT2D eigenvalue weighted by atomic mass is 10.2. The second-order valence-electron chi connectivity index (χ2n) is 6.75. The number of urea groups is 1. The third-order valence-electron chi connectivity index (χ3n) is 4.25. The molecule has 3 rings (SSSR count). The number of rotatable bonds is 5. The van der Waals surface area contributed by atoms with Crippen molar-refractivity contribution < 1.29 is 22.7 Å². The maximum atomic E-state index is 13.0. The Morgan fingerprint density at radius 2 is 1.93 bits per heavy atom. The number of anilines is 1. The fraction of sp³-hybridized carbons (Fsp3) is 0.389. The quantitative estimate of drug-likeness (QED) is 0.691. The molecule has 0 saturated carbocycles. The molecule has 0 aliphatic carbocycles. The van der Waals surface area contributed by atoms with E-state index in [1.807, 2.05) is 13.8 Å². The van der Waals surface area contributed by atoms with Gasteiger partial charge in [-0.15, -0.1) is 0 Å². The van der Waals surface area contributed by atoms with Gasteiger partial charge >= 0.3 is 12.0 Å². The lowest BCUT2D eigenvalue weighted by Crippen LogP contribution is -2.35. The molecular weight excluding hydrogens is 416 g/mol. The van der Waals surface area contributed by atoms with Crippen LogP contribution in [0.2, 0.25) is 0 Å². The highest BCUT2D eigenvalue weighted by Crippen LogP contribution is 2.31. The summed E-state index contributed by atoms with van der Waals surface area (Å²) >= 11 is 1.26. The second kappa shape index (κ2) is 8.47. The number of thiazole rings is 1. The topological polar surface area (TPSA) is 118 Å². The Kier molecular flexibility index (Phi) is 6.20. The zero-order chi connectivity index (χ0) is 21.2. The molecule has 11 heteroatoms. The fourth-order valence-corrected chi connectivity index (χ4v) is 5.37. The summed E-state index contributed by atoms with van der Waals surface area (Å²) in [4.78, 5) is 28.7. The van der Waals surface area contributed by atoms with E-state index in [2.05, 4.69) is 20.4 Å². The van der Waals surface area contributed by atoms with Crippen LogP contribution >= 0.6 is 11.3 Å². The standard InChI is InChI=1S/C18H22N4O5S2/c1-11(2)19-17(24)21-18-20-14-8-9-22(10-15(14)28-18)29(25,26)13-6-4-12(5-7-13)16(23)27-3/h4-7,11H,8-10H2,1-3H3,(H2,19,20,21,24). The van der Waals surface area contributed by atoms with Gasteiger partial charge in [0.2, 0.25) is 10.0 Å². The van der Waals surface area contributed by atoms with Gasteiger partial charge in [-0.1, -0.05) is 11.3 Å². The summed E-state index contributed by atoms with van der Waals surface area (Å²) in [5.41, 5.74) is 1.08. The van der Waals surface area contributed by atoms with Crippen molar-refractivity contribution in [3.05, 3.63) is 40.4 Å². The molecule has 2 aromatic rings. The van der Waals surface area contributed by atoms with Crippen molar-refractivity contribution in [1.82, 2.24) is 14.6 Å². The summed E-state index contributed by atoms with van der Waals surface area (Å²) < 4.78 is 31.9. The molecule has 1 aromatic carbocycles. The van der Waals surface area contributed by atoms with Crippen LogP contribution in [-0.2, 0) is 27.7 Å². The summed E-state index contributed by atoms with van der Waals surface area (Å²) in [5.74, 6) is -0.525. The van der Waals surface area contributed by atoms with Gasteiger partial charge in [0.05, 0.1) is 29.8 Å². The first-order valence-corrected chi connectivity index (χ1v) is 11.2. The van der Waals surface area contributed by atoms with E-state index in [0.717, 1.165) is 10.6 Å². The van der Waals surface area contributed by atoms with Crippen LogP contribution in [0.4, 0.5) is 9.93 Å². The van der Waals surface area contributed by atoms with E-state index in [4.69, 9.17) is 0 Å². The van der Waals surface area contributed by atoms with Crippen LogP contribution in [0.25, 0.3) is 0 Å². The minimum absolute atomic E-state index is 0.00390. The van der Waals surface area contributed by atoms with Crippen molar-refractivity contribution in [2.45, 2.75) is 37.8 Å². The van der Waals surface area contributed by atoms with Gasteiger partial charge < -0.3 is 10.1 Å². The zero-order valence-electron chi connectivity index (χ0n) is 16.3. The number of ether oxygens (including phenoxy) is 1. The predicted molar refractivity (Wildman–Crippen MR) is 108 cm³/mol. The maximum absolute atomic E-state index is 13.0. The molecule has 1 aliphatic rings. The normalized spacial score (nSPS) is 14.3. The predicted octanol–water partition coefficient (Wildman–Crippen LogP) is 2.21. The number of benzene rings is 1. The molecule has 0 spiro atoms. The highest BCUT2D eigenvalue weighted by atomic mass is 32.2. The Morgan fingerprint density at radius 3 is 2.55 bits per heavy atom. The molecule has 2 heterocycles. The molecular formula is C18H22N4O5S2. The summed E-state index contributed by atoms with van der Waals surface area (Å²) in [6, 6.07) is 5.30. The summed E-state index contributed by atoms with van der Waals surface area (Å²) in [6.45, 7) is 4.18. The lowest BCUT2D eigenvalue weighted by Gasteiger charge is -2.25. The molecule has 9 nitrogen and oxygen atoms in total. The van der Waals surface area contributed by atoms with Crippen LogP contribution in [-0.4, -0.2) is 49.4 Å². The molecule has 0 atom stereocenters. The SMILES string of the molecule is COC(=O)c1ccc(S(=O)(=O)N2CCc3nc(NC(=O)NC(C)C)sc3C2)cc1. The fourth-order valence-electron chi connectivity index (χ4n) is 2.86. The number of carbonyl (C=O) groups is 2. The van der Waals surface area contributed by atoms with Crippen LogP contribution in [0.1, 0.15) is 34.8 Å². The first kappa shape index (κ1) is 21.2. The van der Waals surface area contributed by atoms with E-state index >= 15 is 0 Å². The molecule has 0 saturated heterocycles. The van der Waals surface area contributed by atoms with Crippen LogP contribution in [0.15, 0.2) is 29.2 Å². The van der Waals surface area contributed by atoms with E-state index in [1.165, 1.54) is 47.0 Å². The molecule has 29 heavy (non-hydrogen) atoms. The van der Waals surface area contributed by atoms with Gasteiger partial charge in [0.25, 0.3) is 0 Å². The summed E-state index contributed by atoms with van der Waals surface area (Å²) in [7, 11) is -2.46. The minimum Gasteiger partial charge on any atom is -0.465 e. The summed E-state index contributed by atoms with van der Waals surface area (Å²) in [5, 5.41) is 5.84. The highest BCUT2D eigenvalue weighted by molar-refractivity contribution is 7.89. The number of hydrogen-bond donors (Lipinski definition) is 2. The molecule has 0 bridgehead atoms. The van der Waals surface area contributed by atoms with Gasteiger partial charge in [0.1, 0.15) is 0 Å². The first-order valence-electron chi connectivity index (χ1n) is 8.95. The monoisotopic (exact) mass is 438 g/mol. The Balaban J connectivity index is 1.74. The van der Waals surface area contributed by atoms with Gasteiger partial charge in [-0.3, -0.25) is 5.32 Å². The molecule has 2 N–H and O–H groups in total. The van der Waals surface area contributed by atoms with Crippen molar-refractivity contribution in [1.29, 1.82) is 0 Å². The average Bonchev–Trinajstić information content (AvgIpc) is 3.07. The van der Waals surface area contributed by atoms with Gasteiger partial charge in [-0.25, -0.2) is 23.0 Å². The number of fused-ring (bicyclic) bond motifs is 1. The van der Waals surface area contributed by atoms with E-state index in [0.29, 0.717) is 11.6 Å². The average molecular weight is 439 g/mol. The van der Waals surface area contributed by atoms with Crippen molar-refractivity contribution in [3.8, 4) is 0 Å². The molecule has 0 fully saturated rings. The Bertz CT molecular complexity index is 1020. The number of nitrogens with zero attached hydrogens (tertiary/aromatic N) is 2. The minimum atomic E-state index is -3.72. The largest absolute Gasteiger partial charge is 0.465 e. The summed E-state index contributed by atoms with van der Waals surface area (Å²) in [6.07, 6.45) is 0.457. The third-order valence-corrected chi connectivity index (χ3v) is 7.11. The zero-order valence-corrected chi connectivity index (χ0v) is 17.9. The van der Waals surface area contributed by atoms with E-state index in [9.17, 15) is 18.0 Å². The number of sulfonamides is 1. The Labute approximate surface area is 173 Å². The molecule has 1 aromatic heterocycles. The number of hydrogen-bond acceptors (Lipinski definition) is 7. The van der Waals surface area contributed by atoms with Crippen molar-refractivity contribution >= 4 is 38.5 Å². The van der Waals surface area contributed by atoms with Crippen LogP contribution < -0.4 is 10.6 Å². The van der Waals surface area contributed by atoms with E-state index in [-0.39, 0.29) is 35.6 Å². The van der Waals surface area contributed by atoms with Gasteiger partial charge in [-0.05, 0) is 38.1 Å². The van der Waals surface area contributed by atoms with Crippen LogP contribution in [0, 0.1) is 0 Å². The number of esters is 1. The number of amides is 2. The smallest absolute Gasteiger partial charge is 0.337 e. The molecule has 2 amide bonds. The highest BCUT2D eigenvalue weighted by Gasteiger charge is 2.30. The van der Waals surface area contributed by atoms with Crippen molar-refractivity contribution in [3.63, 3.8) is 0 Å². The molecule has 156 valence electrons. The van der Waals surface area contributed by atoms with E-state index < -0.39 is 16.0 Å². The molecule has 0 unspecified atom stereocenters. The van der Waals surface area contributed by atoms with Crippen molar-refractivity contribution in [2.24, 2.45) is 0 Å². The third kappa shape index (κ3) is 4.74. The number of methoxy groups -OCH3 is 1.